The van der Waals surface area contributed by atoms with Crippen molar-refractivity contribution in [2.75, 3.05) is 13.2 Å². The summed E-state index contributed by atoms with van der Waals surface area (Å²) in [5.74, 6) is 6.91. The van der Waals surface area contributed by atoms with Crippen molar-refractivity contribution in [3.63, 3.8) is 0 Å². The predicted molar refractivity (Wildman–Crippen MR) is 110 cm³/mol. The zero-order valence-corrected chi connectivity index (χ0v) is 16.3. The molecule has 3 aromatic rings. The van der Waals surface area contributed by atoms with Gasteiger partial charge in [0.05, 0.1) is 5.56 Å². The largest absolute Gasteiger partial charge is 0.381 e. The number of benzene rings is 2. The molecule has 2 aromatic carbocycles. The fourth-order valence-corrected chi connectivity index (χ4v) is 3.30. The molecule has 0 atom stereocenters. The van der Waals surface area contributed by atoms with E-state index >= 15 is 0 Å². The molecule has 0 radical (unpaired) electrons. The molecule has 5 heteroatoms. The normalized spacial score (nSPS) is 14.1. The number of aryl methyl sites for hydroxylation is 1. The van der Waals surface area contributed by atoms with Gasteiger partial charge in [-0.2, -0.15) is 0 Å². The molecular weight excluding hydrogens is 364 g/mol. The van der Waals surface area contributed by atoms with Crippen LogP contribution in [0.15, 0.2) is 59.1 Å². The second kappa shape index (κ2) is 8.76. The average Bonchev–Trinajstić information content (AvgIpc) is 3.14. The minimum absolute atomic E-state index is 0.0771. The highest BCUT2D eigenvalue weighted by molar-refractivity contribution is 5.94. The van der Waals surface area contributed by atoms with Gasteiger partial charge in [-0.1, -0.05) is 53.4 Å². The number of carbonyl (C=O) groups is 1. The number of carbonyl (C=O) groups excluding carboxylic acids is 1. The van der Waals surface area contributed by atoms with Crippen molar-refractivity contribution in [3.8, 4) is 23.1 Å². The SMILES string of the molecule is Cc1onc(-c2ccccc2)c1C#Cc1cccc(C(=O)NC2CCOCC2)c1. The second-order valence-corrected chi connectivity index (χ2v) is 7.02. The molecule has 1 fully saturated rings. The Bertz CT molecular complexity index is 1050. The third-order valence-electron chi connectivity index (χ3n) is 4.92. The molecular formula is C24H22N2O3. The average molecular weight is 386 g/mol. The van der Waals surface area contributed by atoms with E-state index < -0.39 is 0 Å². The maximum atomic E-state index is 12.6. The molecule has 29 heavy (non-hydrogen) atoms. The van der Waals surface area contributed by atoms with Crippen molar-refractivity contribution in [2.24, 2.45) is 0 Å². The van der Waals surface area contributed by atoms with Crippen LogP contribution in [0.25, 0.3) is 11.3 Å². The van der Waals surface area contributed by atoms with E-state index in [9.17, 15) is 4.79 Å². The van der Waals surface area contributed by atoms with E-state index in [1.54, 1.807) is 6.07 Å². The third-order valence-corrected chi connectivity index (χ3v) is 4.92. The van der Waals surface area contributed by atoms with Crippen LogP contribution in [0.5, 0.6) is 0 Å². The summed E-state index contributed by atoms with van der Waals surface area (Å²) >= 11 is 0. The molecule has 5 nitrogen and oxygen atoms in total. The number of nitrogens with zero attached hydrogens (tertiary/aromatic N) is 1. The fraction of sp³-hybridized carbons (Fsp3) is 0.250. The Hall–Kier alpha value is -3.36. The summed E-state index contributed by atoms with van der Waals surface area (Å²) in [5, 5.41) is 7.24. The first kappa shape index (κ1) is 19.0. The van der Waals surface area contributed by atoms with Crippen molar-refractivity contribution < 1.29 is 14.1 Å². The van der Waals surface area contributed by atoms with Crippen molar-refractivity contribution in [3.05, 3.63) is 77.0 Å². The molecule has 2 heterocycles. The Labute approximate surface area is 170 Å². The number of hydrogen-bond donors (Lipinski definition) is 1. The molecule has 1 N–H and O–H groups in total. The van der Waals surface area contributed by atoms with Crippen LogP contribution in [-0.4, -0.2) is 30.3 Å². The van der Waals surface area contributed by atoms with Gasteiger partial charge in [-0.15, -0.1) is 0 Å². The highest BCUT2D eigenvalue weighted by atomic mass is 16.5. The van der Waals surface area contributed by atoms with Gasteiger partial charge in [-0.05, 0) is 38.0 Å². The zero-order chi connectivity index (χ0) is 20.1. The zero-order valence-electron chi connectivity index (χ0n) is 16.3. The Balaban J connectivity index is 1.55. The summed E-state index contributed by atoms with van der Waals surface area (Å²) in [6.45, 7) is 3.23. The Morgan fingerprint density at radius 2 is 1.86 bits per heavy atom. The van der Waals surface area contributed by atoms with E-state index in [1.165, 1.54) is 0 Å². The first-order valence-corrected chi connectivity index (χ1v) is 9.73. The molecule has 146 valence electrons. The highest BCUT2D eigenvalue weighted by Crippen LogP contribution is 2.24. The van der Waals surface area contributed by atoms with Gasteiger partial charge in [0.15, 0.2) is 0 Å². The van der Waals surface area contributed by atoms with Crippen molar-refractivity contribution in [1.29, 1.82) is 0 Å². The summed E-state index contributed by atoms with van der Waals surface area (Å²) in [6, 6.07) is 17.3. The van der Waals surface area contributed by atoms with E-state index in [0.29, 0.717) is 24.5 Å². The summed E-state index contributed by atoms with van der Waals surface area (Å²) in [5.41, 5.74) is 3.81. The van der Waals surface area contributed by atoms with Crippen molar-refractivity contribution in [1.82, 2.24) is 10.5 Å². The molecule has 1 amide bonds. The van der Waals surface area contributed by atoms with Crippen LogP contribution in [0.3, 0.4) is 0 Å². The van der Waals surface area contributed by atoms with E-state index in [-0.39, 0.29) is 11.9 Å². The number of rotatable bonds is 3. The van der Waals surface area contributed by atoms with Gasteiger partial charge in [0.2, 0.25) is 0 Å². The second-order valence-electron chi connectivity index (χ2n) is 7.02. The summed E-state index contributed by atoms with van der Waals surface area (Å²) in [7, 11) is 0. The molecule has 0 unspecified atom stereocenters. The Kier molecular flexibility index (Phi) is 5.73. The lowest BCUT2D eigenvalue weighted by Crippen LogP contribution is -2.38. The molecule has 0 saturated carbocycles. The van der Waals surface area contributed by atoms with Crippen molar-refractivity contribution in [2.45, 2.75) is 25.8 Å². The number of nitrogens with one attached hydrogen (secondary N) is 1. The third kappa shape index (κ3) is 4.56. The minimum Gasteiger partial charge on any atom is -0.381 e. The fourth-order valence-electron chi connectivity index (χ4n) is 3.30. The van der Waals surface area contributed by atoms with E-state index in [2.05, 4.69) is 22.3 Å². The number of hydrogen-bond acceptors (Lipinski definition) is 4. The van der Waals surface area contributed by atoms with Gasteiger partial charge < -0.3 is 14.6 Å². The van der Waals surface area contributed by atoms with Crippen LogP contribution in [0, 0.1) is 18.8 Å². The maximum Gasteiger partial charge on any atom is 0.251 e. The summed E-state index contributed by atoms with van der Waals surface area (Å²) in [6.07, 6.45) is 1.69. The van der Waals surface area contributed by atoms with Gasteiger partial charge in [0, 0.05) is 35.9 Å². The van der Waals surface area contributed by atoms with Gasteiger partial charge in [-0.25, -0.2) is 0 Å². The van der Waals surface area contributed by atoms with Gasteiger partial charge in [0.25, 0.3) is 5.91 Å². The first-order chi connectivity index (χ1) is 14.2. The molecule has 0 spiro atoms. The van der Waals surface area contributed by atoms with Crippen molar-refractivity contribution >= 4 is 5.91 Å². The van der Waals surface area contributed by atoms with Gasteiger partial charge >= 0.3 is 0 Å². The minimum atomic E-state index is -0.0771. The van der Waals surface area contributed by atoms with Crippen LogP contribution in [0.4, 0.5) is 0 Å². The molecule has 4 rings (SSSR count). The summed E-state index contributed by atoms with van der Waals surface area (Å²) in [4.78, 5) is 12.6. The molecule has 1 aliphatic heterocycles. The molecule has 1 aromatic heterocycles. The monoisotopic (exact) mass is 386 g/mol. The lowest BCUT2D eigenvalue weighted by molar-refractivity contribution is 0.0696. The quantitative estimate of drug-likeness (QED) is 0.692. The van der Waals surface area contributed by atoms with Crippen LogP contribution in [-0.2, 0) is 4.74 Å². The molecule has 1 saturated heterocycles. The Morgan fingerprint density at radius 3 is 2.66 bits per heavy atom. The van der Waals surface area contributed by atoms with Crippen LogP contribution < -0.4 is 5.32 Å². The lowest BCUT2D eigenvalue weighted by Gasteiger charge is -2.23. The predicted octanol–water partition coefficient (Wildman–Crippen LogP) is 3.96. The number of ether oxygens (including phenoxy) is 1. The Morgan fingerprint density at radius 1 is 1.07 bits per heavy atom. The van der Waals surface area contributed by atoms with Gasteiger partial charge in [0.1, 0.15) is 11.5 Å². The first-order valence-electron chi connectivity index (χ1n) is 9.73. The number of amides is 1. The topological polar surface area (TPSA) is 64.4 Å². The standard InChI is InChI=1S/C24H22N2O3/c1-17-22(23(26-29-17)19-7-3-2-4-8-19)11-10-18-6-5-9-20(16-18)24(27)25-21-12-14-28-15-13-21/h2-9,16,21H,12-15H2,1H3,(H,25,27). The van der Waals surface area contributed by atoms with E-state index in [4.69, 9.17) is 9.26 Å². The maximum absolute atomic E-state index is 12.6. The van der Waals surface area contributed by atoms with Crippen LogP contribution in [0.2, 0.25) is 0 Å². The number of aromatic nitrogens is 1. The lowest BCUT2D eigenvalue weighted by atomic mass is 10.1. The van der Waals surface area contributed by atoms with Crippen LogP contribution >= 0.6 is 0 Å². The van der Waals surface area contributed by atoms with E-state index in [1.807, 2.05) is 55.5 Å². The molecule has 0 aliphatic carbocycles. The molecule has 1 aliphatic rings. The van der Waals surface area contributed by atoms with E-state index in [0.717, 1.165) is 35.2 Å². The molecule has 0 bridgehead atoms. The highest BCUT2D eigenvalue weighted by Gasteiger charge is 2.17. The smallest absolute Gasteiger partial charge is 0.251 e. The van der Waals surface area contributed by atoms with Gasteiger partial charge in [-0.3, -0.25) is 4.79 Å². The summed E-state index contributed by atoms with van der Waals surface area (Å²) < 4.78 is 10.7. The van der Waals surface area contributed by atoms with Crippen LogP contribution in [0.1, 0.15) is 40.1 Å².